The molecule has 0 saturated carbocycles. The lowest BCUT2D eigenvalue weighted by Gasteiger charge is -2.23. The third kappa shape index (κ3) is 2.82. The minimum atomic E-state index is -0.365. The summed E-state index contributed by atoms with van der Waals surface area (Å²) in [4.78, 5) is 12.6. The molecule has 0 aliphatic rings. The molecule has 0 aliphatic heterocycles. The number of nitrogens with zero attached hydrogens (tertiary/aromatic N) is 2. The molecule has 4 nitrogen and oxygen atoms in total. The summed E-state index contributed by atoms with van der Waals surface area (Å²) in [7, 11) is 1.96. The molecule has 20 heavy (non-hydrogen) atoms. The second-order valence-corrected chi connectivity index (χ2v) is 5.29. The van der Waals surface area contributed by atoms with Crippen LogP contribution in [0, 0.1) is 10.1 Å². The van der Waals surface area contributed by atoms with Gasteiger partial charge in [0.15, 0.2) is 0 Å². The van der Waals surface area contributed by atoms with Crippen LogP contribution in [-0.2, 0) is 6.42 Å². The molecule has 0 unspecified atom stereocenters. The maximum atomic E-state index is 10.9. The first-order valence-electron chi connectivity index (χ1n) is 6.30. The van der Waals surface area contributed by atoms with Gasteiger partial charge in [-0.3, -0.25) is 10.1 Å². The van der Waals surface area contributed by atoms with Gasteiger partial charge < -0.3 is 4.90 Å². The third-order valence-electron chi connectivity index (χ3n) is 3.20. The van der Waals surface area contributed by atoms with Gasteiger partial charge in [0, 0.05) is 29.3 Å². The molecule has 0 bridgehead atoms. The van der Waals surface area contributed by atoms with E-state index in [9.17, 15) is 10.1 Å². The number of anilines is 2. The van der Waals surface area contributed by atoms with Crippen LogP contribution in [0.1, 0.15) is 12.5 Å². The van der Waals surface area contributed by atoms with Gasteiger partial charge in [-0.2, -0.15) is 0 Å². The molecule has 0 saturated heterocycles. The SMILES string of the molecule is CCc1cc([N+](=O)[O-])cc(Br)c1N(C)c1ccccc1. The second kappa shape index (κ2) is 6.05. The van der Waals surface area contributed by atoms with Crippen LogP contribution < -0.4 is 4.90 Å². The van der Waals surface area contributed by atoms with Gasteiger partial charge in [-0.1, -0.05) is 25.1 Å². The van der Waals surface area contributed by atoms with Gasteiger partial charge >= 0.3 is 0 Å². The van der Waals surface area contributed by atoms with E-state index in [1.165, 1.54) is 0 Å². The van der Waals surface area contributed by atoms with E-state index in [0.29, 0.717) is 0 Å². The Bertz CT molecular complexity index is 629. The summed E-state index contributed by atoms with van der Waals surface area (Å²) in [5.41, 5.74) is 3.05. The molecule has 0 atom stereocenters. The Labute approximate surface area is 126 Å². The number of non-ortho nitro benzene ring substituents is 1. The molecule has 2 aromatic rings. The molecule has 0 N–H and O–H groups in total. The van der Waals surface area contributed by atoms with Gasteiger partial charge in [0.1, 0.15) is 0 Å². The van der Waals surface area contributed by atoms with Crippen molar-refractivity contribution in [3.8, 4) is 0 Å². The van der Waals surface area contributed by atoms with Crippen LogP contribution in [0.3, 0.4) is 0 Å². The number of aryl methyl sites for hydroxylation is 1. The van der Waals surface area contributed by atoms with E-state index in [1.807, 2.05) is 49.2 Å². The largest absolute Gasteiger partial charge is 0.343 e. The van der Waals surface area contributed by atoms with E-state index in [4.69, 9.17) is 0 Å². The van der Waals surface area contributed by atoms with E-state index in [-0.39, 0.29) is 10.6 Å². The van der Waals surface area contributed by atoms with Crippen molar-refractivity contribution in [2.75, 3.05) is 11.9 Å². The topological polar surface area (TPSA) is 46.4 Å². The number of rotatable bonds is 4. The van der Waals surface area contributed by atoms with E-state index in [2.05, 4.69) is 15.9 Å². The van der Waals surface area contributed by atoms with Gasteiger partial charge in [-0.25, -0.2) is 0 Å². The van der Waals surface area contributed by atoms with Gasteiger partial charge in [-0.05, 0) is 40.0 Å². The molecular formula is C15H15BrN2O2. The quantitative estimate of drug-likeness (QED) is 0.602. The fraction of sp³-hybridized carbons (Fsp3) is 0.200. The van der Waals surface area contributed by atoms with E-state index < -0.39 is 0 Å². The first-order chi connectivity index (χ1) is 9.54. The molecule has 0 aromatic heterocycles. The molecule has 0 aliphatic carbocycles. The first-order valence-corrected chi connectivity index (χ1v) is 7.09. The molecule has 104 valence electrons. The molecule has 0 spiro atoms. The van der Waals surface area contributed by atoms with Crippen LogP contribution in [0.4, 0.5) is 17.1 Å². The van der Waals surface area contributed by atoms with Crippen LogP contribution in [0.15, 0.2) is 46.9 Å². The number of nitro groups is 1. The van der Waals surface area contributed by atoms with Gasteiger partial charge in [-0.15, -0.1) is 0 Å². The highest BCUT2D eigenvalue weighted by molar-refractivity contribution is 9.10. The summed E-state index contributed by atoms with van der Waals surface area (Å²) in [6, 6.07) is 13.1. The molecule has 0 fully saturated rings. The molecular weight excluding hydrogens is 320 g/mol. The highest BCUT2D eigenvalue weighted by Crippen LogP contribution is 2.37. The molecule has 0 amide bonds. The lowest BCUT2D eigenvalue weighted by atomic mass is 10.1. The van der Waals surface area contributed by atoms with Crippen molar-refractivity contribution in [1.82, 2.24) is 0 Å². The first kappa shape index (κ1) is 14.5. The average molecular weight is 335 g/mol. The molecule has 0 radical (unpaired) electrons. The summed E-state index contributed by atoms with van der Waals surface area (Å²) in [6.45, 7) is 1.99. The van der Waals surface area contributed by atoms with Crippen molar-refractivity contribution >= 4 is 33.0 Å². The van der Waals surface area contributed by atoms with Gasteiger partial charge in [0.2, 0.25) is 0 Å². The summed E-state index contributed by atoms with van der Waals surface area (Å²) in [5.74, 6) is 0. The number of halogens is 1. The van der Waals surface area contributed by atoms with E-state index in [0.717, 1.165) is 27.8 Å². The summed E-state index contributed by atoms with van der Waals surface area (Å²) >= 11 is 3.46. The lowest BCUT2D eigenvalue weighted by molar-refractivity contribution is -0.385. The van der Waals surface area contributed by atoms with Gasteiger partial charge in [0.25, 0.3) is 5.69 Å². The Morgan fingerprint density at radius 1 is 1.25 bits per heavy atom. The average Bonchev–Trinajstić information content (AvgIpc) is 2.46. The molecule has 2 rings (SSSR count). The molecule has 2 aromatic carbocycles. The minimum absolute atomic E-state index is 0.110. The third-order valence-corrected chi connectivity index (χ3v) is 3.80. The predicted molar refractivity (Wildman–Crippen MR) is 84.7 cm³/mol. The van der Waals surface area contributed by atoms with E-state index >= 15 is 0 Å². The Morgan fingerprint density at radius 3 is 2.45 bits per heavy atom. The normalized spacial score (nSPS) is 10.3. The standard InChI is InChI=1S/C15H15BrN2O2/c1-3-11-9-13(18(19)20)10-14(16)15(11)17(2)12-7-5-4-6-8-12/h4-10H,3H2,1-2H3. The Hall–Kier alpha value is -1.88. The van der Waals surface area contributed by atoms with Crippen molar-refractivity contribution in [3.63, 3.8) is 0 Å². The number of hydrogen-bond acceptors (Lipinski definition) is 3. The van der Waals surface area contributed by atoms with Crippen LogP contribution in [0.25, 0.3) is 0 Å². The highest BCUT2D eigenvalue weighted by Gasteiger charge is 2.17. The minimum Gasteiger partial charge on any atom is -0.343 e. The Kier molecular flexibility index (Phi) is 4.39. The number of benzene rings is 2. The van der Waals surface area contributed by atoms with Crippen molar-refractivity contribution in [1.29, 1.82) is 0 Å². The smallest absolute Gasteiger partial charge is 0.270 e. The van der Waals surface area contributed by atoms with Gasteiger partial charge in [0.05, 0.1) is 10.6 Å². The van der Waals surface area contributed by atoms with Crippen molar-refractivity contribution in [2.45, 2.75) is 13.3 Å². The van der Waals surface area contributed by atoms with Crippen molar-refractivity contribution in [3.05, 3.63) is 62.6 Å². The lowest BCUT2D eigenvalue weighted by Crippen LogP contribution is -2.12. The maximum absolute atomic E-state index is 10.9. The second-order valence-electron chi connectivity index (χ2n) is 4.44. The highest BCUT2D eigenvalue weighted by atomic mass is 79.9. The van der Waals surface area contributed by atoms with Crippen LogP contribution in [-0.4, -0.2) is 12.0 Å². The summed E-state index contributed by atoms with van der Waals surface area (Å²) in [5, 5.41) is 10.9. The summed E-state index contributed by atoms with van der Waals surface area (Å²) < 4.78 is 0.731. The van der Waals surface area contributed by atoms with Crippen molar-refractivity contribution < 1.29 is 4.92 Å². The number of nitro benzene ring substituents is 1. The Morgan fingerprint density at radius 2 is 1.90 bits per heavy atom. The van der Waals surface area contributed by atoms with E-state index in [1.54, 1.807) is 12.1 Å². The van der Waals surface area contributed by atoms with Crippen LogP contribution in [0.5, 0.6) is 0 Å². The maximum Gasteiger partial charge on any atom is 0.270 e. The number of para-hydroxylation sites is 1. The van der Waals surface area contributed by atoms with Crippen LogP contribution in [0.2, 0.25) is 0 Å². The Balaban J connectivity index is 2.54. The zero-order valence-electron chi connectivity index (χ0n) is 11.3. The summed E-state index contributed by atoms with van der Waals surface area (Å²) in [6.07, 6.45) is 0.729. The zero-order valence-corrected chi connectivity index (χ0v) is 12.9. The fourth-order valence-corrected chi connectivity index (χ4v) is 2.93. The number of hydrogen-bond donors (Lipinski definition) is 0. The van der Waals surface area contributed by atoms with Crippen molar-refractivity contribution in [2.24, 2.45) is 0 Å². The molecule has 5 heteroatoms. The van der Waals surface area contributed by atoms with Crippen LogP contribution >= 0.6 is 15.9 Å². The zero-order chi connectivity index (χ0) is 14.7. The predicted octanol–water partition coefficient (Wildman–Crippen LogP) is 4.69. The monoisotopic (exact) mass is 334 g/mol. The fourth-order valence-electron chi connectivity index (χ4n) is 2.17. The molecule has 0 heterocycles.